The number of nitrogens with one attached hydrogen (secondary N) is 1. The SMILES string of the molecule is CCCNC(CC(C)OC)c1c(Br)cnn1C(C)C. The van der Waals surface area contributed by atoms with Crippen molar-refractivity contribution in [3.8, 4) is 0 Å². The van der Waals surface area contributed by atoms with E-state index in [1.54, 1.807) is 7.11 Å². The van der Waals surface area contributed by atoms with Gasteiger partial charge in [-0.05, 0) is 56.1 Å². The van der Waals surface area contributed by atoms with E-state index in [1.807, 2.05) is 6.20 Å². The van der Waals surface area contributed by atoms with Crippen LogP contribution in [0.15, 0.2) is 10.7 Å². The Labute approximate surface area is 125 Å². The summed E-state index contributed by atoms with van der Waals surface area (Å²) in [5.74, 6) is 0. The first kappa shape index (κ1) is 16.7. The summed E-state index contributed by atoms with van der Waals surface area (Å²) in [5.41, 5.74) is 1.22. The van der Waals surface area contributed by atoms with Gasteiger partial charge in [0.25, 0.3) is 0 Å². The fourth-order valence-corrected chi connectivity index (χ4v) is 2.68. The third kappa shape index (κ3) is 4.58. The maximum atomic E-state index is 5.41. The van der Waals surface area contributed by atoms with Gasteiger partial charge in [-0.15, -0.1) is 0 Å². The molecule has 1 aromatic rings. The molecule has 19 heavy (non-hydrogen) atoms. The van der Waals surface area contributed by atoms with Crippen LogP contribution in [0.5, 0.6) is 0 Å². The predicted octanol–water partition coefficient (Wildman–Crippen LogP) is 3.69. The van der Waals surface area contributed by atoms with Gasteiger partial charge in [0.2, 0.25) is 0 Å². The van der Waals surface area contributed by atoms with E-state index in [9.17, 15) is 0 Å². The van der Waals surface area contributed by atoms with Gasteiger partial charge < -0.3 is 10.1 Å². The summed E-state index contributed by atoms with van der Waals surface area (Å²) in [5, 5.41) is 8.07. The molecule has 0 bridgehead atoms. The molecule has 0 aliphatic carbocycles. The van der Waals surface area contributed by atoms with Crippen LogP contribution >= 0.6 is 15.9 Å². The van der Waals surface area contributed by atoms with Gasteiger partial charge in [0.05, 0.1) is 28.5 Å². The molecule has 1 N–H and O–H groups in total. The van der Waals surface area contributed by atoms with Crippen molar-refractivity contribution < 1.29 is 4.74 Å². The molecule has 5 heteroatoms. The smallest absolute Gasteiger partial charge is 0.0699 e. The first-order chi connectivity index (χ1) is 9.01. The second-order valence-electron chi connectivity index (χ2n) is 5.20. The number of aromatic nitrogens is 2. The van der Waals surface area contributed by atoms with Crippen molar-refractivity contribution >= 4 is 15.9 Å². The molecule has 0 spiro atoms. The zero-order valence-corrected chi connectivity index (χ0v) is 14.2. The van der Waals surface area contributed by atoms with Gasteiger partial charge >= 0.3 is 0 Å². The Morgan fingerprint density at radius 3 is 2.63 bits per heavy atom. The van der Waals surface area contributed by atoms with Crippen LogP contribution < -0.4 is 5.32 Å². The van der Waals surface area contributed by atoms with Crippen LogP contribution in [0.4, 0.5) is 0 Å². The molecule has 1 rings (SSSR count). The van der Waals surface area contributed by atoms with Crippen molar-refractivity contribution in [2.45, 2.75) is 58.7 Å². The minimum atomic E-state index is 0.219. The Hall–Kier alpha value is -0.390. The first-order valence-corrected chi connectivity index (χ1v) is 7.79. The number of halogens is 1. The van der Waals surface area contributed by atoms with E-state index in [0.29, 0.717) is 6.04 Å². The molecule has 2 atom stereocenters. The van der Waals surface area contributed by atoms with Crippen LogP contribution in [0.25, 0.3) is 0 Å². The normalized spacial score (nSPS) is 14.9. The molecule has 0 aliphatic rings. The lowest BCUT2D eigenvalue weighted by Crippen LogP contribution is -2.29. The van der Waals surface area contributed by atoms with E-state index < -0.39 is 0 Å². The number of methoxy groups -OCH3 is 1. The van der Waals surface area contributed by atoms with Crippen molar-refractivity contribution in [3.05, 3.63) is 16.4 Å². The van der Waals surface area contributed by atoms with E-state index in [2.05, 4.69) is 58.7 Å². The minimum absolute atomic E-state index is 0.219. The highest BCUT2D eigenvalue weighted by Crippen LogP contribution is 2.29. The average Bonchev–Trinajstić information content (AvgIpc) is 2.76. The van der Waals surface area contributed by atoms with Crippen molar-refractivity contribution in [2.75, 3.05) is 13.7 Å². The van der Waals surface area contributed by atoms with E-state index in [-0.39, 0.29) is 12.1 Å². The summed E-state index contributed by atoms with van der Waals surface area (Å²) in [6.07, 6.45) is 4.16. The number of ether oxygens (including phenoxy) is 1. The van der Waals surface area contributed by atoms with Crippen LogP contribution in [-0.4, -0.2) is 29.5 Å². The number of hydrogen-bond acceptors (Lipinski definition) is 3. The number of hydrogen-bond donors (Lipinski definition) is 1. The lowest BCUT2D eigenvalue weighted by Gasteiger charge is -2.24. The van der Waals surface area contributed by atoms with Crippen LogP contribution in [0.1, 0.15) is 58.3 Å². The van der Waals surface area contributed by atoms with E-state index in [4.69, 9.17) is 4.74 Å². The second kappa shape index (κ2) is 8.02. The third-order valence-electron chi connectivity index (χ3n) is 3.22. The highest BCUT2D eigenvalue weighted by Gasteiger charge is 2.22. The maximum absolute atomic E-state index is 5.41. The Balaban J connectivity index is 2.98. The molecule has 0 fully saturated rings. The third-order valence-corrected chi connectivity index (χ3v) is 3.83. The Kier molecular flexibility index (Phi) is 7.04. The highest BCUT2D eigenvalue weighted by molar-refractivity contribution is 9.10. The fraction of sp³-hybridized carbons (Fsp3) is 0.786. The van der Waals surface area contributed by atoms with E-state index in [0.717, 1.165) is 23.9 Å². The summed E-state index contributed by atoms with van der Waals surface area (Å²) < 4.78 is 8.56. The average molecular weight is 332 g/mol. The Bertz CT molecular complexity index is 379. The largest absolute Gasteiger partial charge is 0.382 e. The van der Waals surface area contributed by atoms with Gasteiger partial charge in [-0.1, -0.05) is 6.92 Å². The van der Waals surface area contributed by atoms with Crippen molar-refractivity contribution in [3.63, 3.8) is 0 Å². The van der Waals surface area contributed by atoms with Gasteiger partial charge in [-0.2, -0.15) is 5.10 Å². The van der Waals surface area contributed by atoms with Gasteiger partial charge in [0.1, 0.15) is 0 Å². The predicted molar refractivity (Wildman–Crippen MR) is 82.4 cm³/mol. The van der Waals surface area contributed by atoms with E-state index >= 15 is 0 Å². The van der Waals surface area contributed by atoms with Gasteiger partial charge in [-0.25, -0.2) is 0 Å². The molecule has 1 aromatic heterocycles. The quantitative estimate of drug-likeness (QED) is 0.789. The highest BCUT2D eigenvalue weighted by atomic mass is 79.9. The molecule has 0 amide bonds. The molecular weight excluding hydrogens is 306 g/mol. The van der Waals surface area contributed by atoms with Crippen LogP contribution in [0.2, 0.25) is 0 Å². The second-order valence-corrected chi connectivity index (χ2v) is 6.06. The van der Waals surface area contributed by atoms with E-state index in [1.165, 1.54) is 5.69 Å². The molecule has 0 saturated carbocycles. The standard InChI is InChI=1S/C14H26BrN3O/c1-6-7-16-13(8-11(4)19-5)14-12(15)9-17-18(14)10(2)3/h9-11,13,16H,6-8H2,1-5H3. The summed E-state index contributed by atoms with van der Waals surface area (Å²) in [7, 11) is 1.76. The summed E-state index contributed by atoms with van der Waals surface area (Å²) in [6.45, 7) is 9.58. The number of nitrogens with zero attached hydrogens (tertiary/aromatic N) is 2. The molecule has 0 saturated heterocycles. The zero-order valence-electron chi connectivity index (χ0n) is 12.6. The molecule has 0 aliphatic heterocycles. The molecule has 2 unspecified atom stereocenters. The van der Waals surface area contributed by atoms with Crippen LogP contribution in [0, 0.1) is 0 Å². The Morgan fingerprint density at radius 2 is 2.11 bits per heavy atom. The first-order valence-electron chi connectivity index (χ1n) is 7.00. The molecular formula is C14H26BrN3O. The summed E-state index contributed by atoms with van der Waals surface area (Å²) >= 11 is 3.63. The molecule has 1 heterocycles. The summed E-state index contributed by atoms with van der Waals surface area (Å²) in [6, 6.07) is 0.610. The van der Waals surface area contributed by atoms with Gasteiger partial charge in [0, 0.05) is 13.2 Å². The minimum Gasteiger partial charge on any atom is -0.382 e. The zero-order chi connectivity index (χ0) is 14.4. The van der Waals surface area contributed by atoms with Gasteiger partial charge in [0.15, 0.2) is 0 Å². The number of rotatable bonds is 8. The molecule has 0 aromatic carbocycles. The molecule has 4 nitrogen and oxygen atoms in total. The monoisotopic (exact) mass is 331 g/mol. The lowest BCUT2D eigenvalue weighted by molar-refractivity contribution is 0.0990. The molecule has 0 radical (unpaired) electrons. The molecule has 110 valence electrons. The Morgan fingerprint density at radius 1 is 1.42 bits per heavy atom. The maximum Gasteiger partial charge on any atom is 0.0699 e. The fourth-order valence-electron chi connectivity index (χ4n) is 2.13. The van der Waals surface area contributed by atoms with Crippen LogP contribution in [0.3, 0.4) is 0 Å². The van der Waals surface area contributed by atoms with Gasteiger partial charge in [-0.3, -0.25) is 4.68 Å². The topological polar surface area (TPSA) is 39.1 Å². The van der Waals surface area contributed by atoms with Crippen LogP contribution in [-0.2, 0) is 4.74 Å². The lowest BCUT2D eigenvalue weighted by atomic mass is 10.1. The van der Waals surface area contributed by atoms with Crippen molar-refractivity contribution in [1.82, 2.24) is 15.1 Å². The van der Waals surface area contributed by atoms with Crippen molar-refractivity contribution in [1.29, 1.82) is 0 Å². The van der Waals surface area contributed by atoms with Crippen molar-refractivity contribution in [2.24, 2.45) is 0 Å². The summed E-state index contributed by atoms with van der Waals surface area (Å²) in [4.78, 5) is 0.